The van der Waals surface area contributed by atoms with Gasteiger partial charge in [0, 0.05) is 0 Å². The van der Waals surface area contributed by atoms with Gasteiger partial charge in [-0.25, -0.2) is 0 Å². The molecule has 84 valence electrons. The maximum atomic E-state index is 11.5. The molecule has 0 aromatic rings. The molecule has 0 aliphatic heterocycles. The Bertz CT molecular complexity index is 181. The quantitative estimate of drug-likeness (QED) is 0.592. The Balaban J connectivity index is 4.15. The van der Waals surface area contributed by atoms with Crippen molar-refractivity contribution in [2.75, 3.05) is 6.61 Å². The van der Waals surface area contributed by atoms with Gasteiger partial charge in [-0.3, -0.25) is 4.79 Å². The first kappa shape index (κ1) is 13.4. The number of amides is 1. The number of aliphatic hydroxyl groups excluding tert-OH is 1. The molecule has 4 nitrogen and oxygen atoms in total. The Hall–Kier alpha value is -0.610. The van der Waals surface area contributed by atoms with Crippen molar-refractivity contribution in [3.63, 3.8) is 0 Å². The third-order valence-electron chi connectivity index (χ3n) is 2.35. The number of carbonyl (C=O) groups is 1. The average Bonchev–Trinajstić information content (AvgIpc) is 2.11. The summed E-state index contributed by atoms with van der Waals surface area (Å²) in [7, 11) is 0. The highest BCUT2D eigenvalue weighted by Crippen LogP contribution is 2.03. The minimum Gasteiger partial charge on any atom is -0.394 e. The van der Waals surface area contributed by atoms with E-state index >= 15 is 0 Å². The van der Waals surface area contributed by atoms with Crippen molar-refractivity contribution in [3.8, 4) is 0 Å². The molecule has 0 rings (SSSR count). The number of hydrogen-bond acceptors (Lipinski definition) is 3. The molecule has 4 N–H and O–H groups in total. The van der Waals surface area contributed by atoms with Crippen LogP contribution in [0.2, 0.25) is 0 Å². The SMILES string of the molecule is CC(C)[C@@H](CO)NC(=O)[C@H](N)C(C)C. The molecule has 0 spiro atoms. The van der Waals surface area contributed by atoms with Gasteiger partial charge in [-0.15, -0.1) is 0 Å². The second-order valence-corrected chi connectivity index (χ2v) is 4.31. The highest BCUT2D eigenvalue weighted by Gasteiger charge is 2.21. The van der Waals surface area contributed by atoms with Gasteiger partial charge in [0.15, 0.2) is 0 Å². The minimum absolute atomic E-state index is 0.0474. The van der Waals surface area contributed by atoms with Crippen molar-refractivity contribution in [2.24, 2.45) is 17.6 Å². The van der Waals surface area contributed by atoms with Crippen molar-refractivity contribution in [2.45, 2.75) is 39.8 Å². The van der Waals surface area contributed by atoms with Gasteiger partial charge >= 0.3 is 0 Å². The minimum atomic E-state index is -0.497. The maximum absolute atomic E-state index is 11.5. The van der Waals surface area contributed by atoms with Crippen LogP contribution in [-0.2, 0) is 4.79 Å². The smallest absolute Gasteiger partial charge is 0.237 e. The first-order valence-electron chi connectivity index (χ1n) is 5.07. The van der Waals surface area contributed by atoms with Crippen LogP contribution >= 0.6 is 0 Å². The van der Waals surface area contributed by atoms with E-state index in [2.05, 4.69) is 5.32 Å². The first-order valence-corrected chi connectivity index (χ1v) is 5.07. The van der Waals surface area contributed by atoms with E-state index in [0.717, 1.165) is 0 Å². The number of nitrogens with two attached hydrogens (primary N) is 1. The topological polar surface area (TPSA) is 75.3 Å². The third kappa shape index (κ3) is 4.07. The van der Waals surface area contributed by atoms with Crippen LogP contribution < -0.4 is 11.1 Å². The first-order chi connectivity index (χ1) is 6.40. The maximum Gasteiger partial charge on any atom is 0.237 e. The molecular formula is C10H22N2O2. The number of hydrogen-bond donors (Lipinski definition) is 3. The van der Waals surface area contributed by atoms with Gasteiger partial charge in [0.25, 0.3) is 0 Å². The fourth-order valence-electron chi connectivity index (χ4n) is 1.00. The van der Waals surface area contributed by atoms with Gasteiger partial charge in [-0.2, -0.15) is 0 Å². The van der Waals surface area contributed by atoms with Crippen molar-refractivity contribution in [1.82, 2.24) is 5.32 Å². The van der Waals surface area contributed by atoms with E-state index in [4.69, 9.17) is 10.8 Å². The summed E-state index contributed by atoms with van der Waals surface area (Å²) in [6.07, 6.45) is 0. The molecule has 0 saturated heterocycles. The molecule has 0 unspecified atom stereocenters. The lowest BCUT2D eigenvalue weighted by molar-refractivity contribution is -0.124. The van der Waals surface area contributed by atoms with Crippen molar-refractivity contribution < 1.29 is 9.90 Å². The summed E-state index contributed by atoms with van der Waals surface area (Å²) < 4.78 is 0. The largest absolute Gasteiger partial charge is 0.394 e. The lowest BCUT2D eigenvalue weighted by Crippen LogP contribution is -2.50. The van der Waals surface area contributed by atoms with Gasteiger partial charge in [0.1, 0.15) is 0 Å². The van der Waals surface area contributed by atoms with E-state index < -0.39 is 6.04 Å². The van der Waals surface area contributed by atoms with E-state index in [1.165, 1.54) is 0 Å². The van der Waals surface area contributed by atoms with E-state index in [9.17, 15) is 4.79 Å². The van der Waals surface area contributed by atoms with Crippen LogP contribution in [0.3, 0.4) is 0 Å². The zero-order valence-corrected chi connectivity index (χ0v) is 9.45. The molecule has 0 saturated carbocycles. The van der Waals surface area contributed by atoms with Gasteiger partial charge in [-0.05, 0) is 11.8 Å². The molecule has 0 fully saturated rings. The molecule has 0 aromatic carbocycles. The molecule has 2 atom stereocenters. The monoisotopic (exact) mass is 202 g/mol. The highest BCUT2D eigenvalue weighted by molar-refractivity contribution is 5.82. The molecule has 0 aromatic heterocycles. The number of carbonyl (C=O) groups excluding carboxylic acids is 1. The Morgan fingerprint density at radius 1 is 1.29 bits per heavy atom. The van der Waals surface area contributed by atoms with Crippen LogP contribution in [0.15, 0.2) is 0 Å². The van der Waals surface area contributed by atoms with Crippen LogP contribution in [0.4, 0.5) is 0 Å². The Kier molecular flexibility index (Phi) is 5.72. The Morgan fingerprint density at radius 3 is 2.07 bits per heavy atom. The normalized spacial score (nSPS) is 15.7. The van der Waals surface area contributed by atoms with E-state index in [-0.39, 0.29) is 30.4 Å². The zero-order chi connectivity index (χ0) is 11.3. The molecule has 4 heteroatoms. The van der Waals surface area contributed by atoms with E-state index in [0.29, 0.717) is 0 Å². The summed E-state index contributed by atoms with van der Waals surface area (Å²) in [4.78, 5) is 11.5. The predicted molar refractivity (Wildman–Crippen MR) is 56.7 cm³/mol. The van der Waals surface area contributed by atoms with Crippen LogP contribution in [-0.4, -0.2) is 29.7 Å². The fourth-order valence-corrected chi connectivity index (χ4v) is 1.00. The Labute approximate surface area is 85.9 Å². The van der Waals surface area contributed by atoms with Crippen molar-refractivity contribution in [1.29, 1.82) is 0 Å². The van der Waals surface area contributed by atoms with Crippen LogP contribution in [0, 0.1) is 11.8 Å². The molecule has 1 amide bonds. The average molecular weight is 202 g/mol. The zero-order valence-electron chi connectivity index (χ0n) is 9.45. The van der Waals surface area contributed by atoms with Crippen LogP contribution in [0.25, 0.3) is 0 Å². The molecular weight excluding hydrogens is 180 g/mol. The van der Waals surface area contributed by atoms with Gasteiger partial charge in [0.2, 0.25) is 5.91 Å². The molecule has 0 aliphatic carbocycles. The molecule has 0 radical (unpaired) electrons. The van der Waals surface area contributed by atoms with Crippen molar-refractivity contribution >= 4 is 5.91 Å². The molecule has 0 aliphatic rings. The van der Waals surface area contributed by atoms with E-state index in [1.807, 2.05) is 27.7 Å². The van der Waals surface area contributed by atoms with Gasteiger partial charge in [-0.1, -0.05) is 27.7 Å². The summed E-state index contributed by atoms with van der Waals surface area (Å²) in [5, 5.41) is 11.7. The summed E-state index contributed by atoms with van der Waals surface area (Å²) >= 11 is 0. The number of rotatable bonds is 5. The van der Waals surface area contributed by atoms with Gasteiger partial charge in [0.05, 0.1) is 18.7 Å². The van der Waals surface area contributed by atoms with Gasteiger partial charge < -0.3 is 16.2 Å². The second-order valence-electron chi connectivity index (χ2n) is 4.31. The molecule has 0 heterocycles. The second kappa shape index (κ2) is 5.98. The molecule has 0 bridgehead atoms. The number of aliphatic hydroxyl groups is 1. The summed E-state index contributed by atoms with van der Waals surface area (Å²) in [6, 6.07) is -0.699. The van der Waals surface area contributed by atoms with Crippen molar-refractivity contribution in [3.05, 3.63) is 0 Å². The molecule has 14 heavy (non-hydrogen) atoms. The Morgan fingerprint density at radius 2 is 1.79 bits per heavy atom. The summed E-state index contributed by atoms with van der Waals surface area (Å²) in [6.45, 7) is 7.64. The summed E-state index contributed by atoms with van der Waals surface area (Å²) in [5.41, 5.74) is 5.67. The fraction of sp³-hybridized carbons (Fsp3) is 0.900. The lowest BCUT2D eigenvalue weighted by atomic mass is 10.0. The number of nitrogens with one attached hydrogen (secondary N) is 1. The van der Waals surface area contributed by atoms with Crippen LogP contribution in [0.1, 0.15) is 27.7 Å². The predicted octanol–water partition coefficient (Wildman–Crippen LogP) is 0.103. The van der Waals surface area contributed by atoms with Crippen LogP contribution in [0.5, 0.6) is 0 Å². The summed E-state index contributed by atoms with van der Waals surface area (Å²) in [5.74, 6) is 0.137. The van der Waals surface area contributed by atoms with E-state index in [1.54, 1.807) is 0 Å². The standard InChI is InChI=1S/C10H22N2O2/c1-6(2)8(5-13)12-10(14)9(11)7(3)4/h6-9,13H,5,11H2,1-4H3,(H,12,14)/t8-,9-/m1/s1. The lowest BCUT2D eigenvalue weighted by Gasteiger charge is -2.23. The third-order valence-corrected chi connectivity index (χ3v) is 2.35. The highest BCUT2D eigenvalue weighted by atomic mass is 16.3.